The lowest BCUT2D eigenvalue weighted by molar-refractivity contribution is 0.0697. The fourth-order valence-corrected chi connectivity index (χ4v) is 2.88. The van der Waals surface area contributed by atoms with E-state index >= 15 is 0 Å². The second-order valence-electron chi connectivity index (χ2n) is 4.63. The van der Waals surface area contributed by atoms with Crippen molar-refractivity contribution in [2.24, 2.45) is 0 Å². The second kappa shape index (κ2) is 4.70. The zero-order chi connectivity index (χ0) is 13.4. The van der Waals surface area contributed by atoms with E-state index in [0.717, 1.165) is 23.2 Å². The molecule has 1 N–H and O–H groups in total. The van der Waals surface area contributed by atoms with Crippen molar-refractivity contribution in [3.8, 4) is 0 Å². The van der Waals surface area contributed by atoms with Gasteiger partial charge in [-0.3, -0.25) is 0 Å². The molecule has 19 heavy (non-hydrogen) atoms. The molecular weight excluding hydrogens is 306 g/mol. The molecule has 0 aromatic heterocycles. The van der Waals surface area contributed by atoms with E-state index in [-0.39, 0.29) is 0 Å². The number of benzene rings is 2. The van der Waals surface area contributed by atoms with Crippen LogP contribution in [0, 0.1) is 0 Å². The maximum Gasteiger partial charge on any atom is 0.335 e. The smallest absolute Gasteiger partial charge is 0.335 e. The molecule has 3 rings (SSSR count). The van der Waals surface area contributed by atoms with Crippen LogP contribution in [-0.4, -0.2) is 11.1 Å². The first-order chi connectivity index (χ1) is 9.13. The third-order valence-corrected chi connectivity index (χ3v) is 3.79. The fraction of sp³-hybridized carbons (Fsp3) is 0.133. The van der Waals surface area contributed by atoms with E-state index < -0.39 is 5.97 Å². The highest BCUT2D eigenvalue weighted by Gasteiger charge is 2.19. The van der Waals surface area contributed by atoms with Crippen LogP contribution < -0.4 is 4.90 Å². The quantitative estimate of drug-likeness (QED) is 0.918. The Morgan fingerprint density at radius 3 is 2.32 bits per heavy atom. The Morgan fingerprint density at radius 2 is 1.74 bits per heavy atom. The summed E-state index contributed by atoms with van der Waals surface area (Å²) in [6.45, 7) is 1.65. The number of anilines is 1. The largest absolute Gasteiger partial charge is 0.478 e. The van der Waals surface area contributed by atoms with Gasteiger partial charge in [0, 0.05) is 23.2 Å². The third kappa shape index (κ3) is 2.36. The number of aromatic carboxylic acids is 1. The summed E-state index contributed by atoms with van der Waals surface area (Å²) in [5, 5.41) is 9.11. The van der Waals surface area contributed by atoms with Gasteiger partial charge in [0.15, 0.2) is 0 Å². The Bertz CT molecular complexity index is 629. The first-order valence-corrected chi connectivity index (χ1v) is 6.78. The van der Waals surface area contributed by atoms with E-state index in [2.05, 4.69) is 33.0 Å². The monoisotopic (exact) mass is 317 g/mol. The minimum Gasteiger partial charge on any atom is -0.478 e. The Balaban J connectivity index is 1.95. The van der Waals surface area contributed by atoms with Crippen LogP contribution in [-0.2, 0) is 13.1 Å². The van der Waals surface area contributed by atoms with Crippen molar-refractivity contribution in [2.45, 2.75) is 13.1 Å². The van der Waals surface area contributed by atoms with Gasteiger partial charge >= 0.3 is 5.97 Å². The van der Waals surface area contributed by atoms with Gasteiger partial charge in [-0.15, -0.1) is 0 Å². The highest BCUT2D eigenvalue weighted by atomic mass is 79.9. The average molecular weight is 318 g/mol. The average Bonchev–Trinajstić information content (AvgIpc) is 2.81. The molecule has 96 valence electrons. The van der Waals surface area contributed by atoms with Crippen LogP contribution in [0.25, 0.3) is 0 Å². The summed E-state index contributed by atoms with van der Waals surface area (Å²) in [5.41, 5.74) is 3.85. The first kappa shape index (κ1) is 12.2. The summed E-state index contributed by atoms with van der Waals surface area (Å²) >= 11 is 3.37. The molecule has 0 atom stereocenters. The molecule has 2 aromatic rings. The second-order valence-corrected chi connectivity index (χ2v) is 5.54. The van der Waals surface area contributed by atoms with Gasteiger partial charge in [-0.2, -0.15) is 0 Å². The lowest BCUT2D eigenvalue weighted by Gasteiger charge is -2.18. The lowest BCUT2D eigenvalue weighted by Crippen LogP contribution is -2.15. The van der Waals surface area contributed by atoms with E-state index in [1.807, 2.05) is 18.2 Å². The molecule has 0 unspecified atom stereocenters. The van der Waals surface area contributed by atoms with E-state index in [4.69, 9.17) is 5.11 Å². The van der Waals surface area contributed by atoms with Gasteiger partial charge in [-0.05, 0) is 29.3 Å². The zero-order valence-electron chi connectivity index (χ0n) is 10.1. The molecule has 1 aliphatic heterocycles. The summed E-state index contributed by atoms with van der Waals surface area (Å²) < 4.78 is 0.790. The molecule has 0 saturated carbocycles. The number of fused-ring (bicyclic) bond motifs is 1. The Morgan fingerprint density at radius 1 is 1.11 bits per heavy atom. The Labute approximate surface area is 119 Å². The maximum absolute atomic E-state index is 11.1. The minimum absolute atomic E-state index is 0.306. The van der Waals surface area contributed by atoms with Crippen molar-refractivity contribution in [3.05, 3.63) is 63.6 Å². The van der Waals surface area contributed by atoms with Crippen molar-refractivity contribution >= 4 is 27.6 Å². The number of hydrogen-bond donors (Lipinski definition) is 1. The Hall–Kier alpha value is -1.81. The van der Waals surface area contributed by atoms with E-state index in [0.29, 0.717) is 5.56 Å². The van der Waals surface area contributed by atoms with Crippen LogP contribution in [0.3, 0.4) is 0 Å². The molecule has 0 aliphatic carbocycles. The van der Waals surface area contributed by atoms with Crippen molar-refractivity contribution < 1.29 is 9.90 Å². The summed E-state index contributed by atoms with van der Waals surface area (Å²) in [7, 11) is 0. The van der Waals surface area contributed by atoms with Crippen LogP contribution in [0.4, 0.5) is 5.69 Å². The van der Waals surface area contributed by atoms with E-state index in [1.54, 1.807) is 12.1 Å². The standard InChI is InChI=1S/C15H12BrNO2/c16-13-5-12(15(18)19)6-14(7-13)17-8-10-3-1-2-4-11(10)9-17/h1-7H,8-9H2,(H,18,19). The molecule has 0 radical (unpaired) electrons. The first-order valence-electron chi connectivity index (χ1n) is 5.99. The summed E-state index contributed by atoms with van der Waals surface area (Å²) in [6.07, 6.45) is 0. The van der Waals surface area contributed by atoms with Crippen LogP contribution in [0.15, 0.2) is 46.9 Å². The molecule has 1 heterocycles. The van der Waals surface area contributed by atoms with Crippen molar-refractivity contribution in [2.75, 3.05) is 4.90 Å². The Kier molecular flexibility index (Phi) is 3.03. The minimum atomic E-state index is -0.903. The predicted molar refractivity (Wildman–Crippen MR) is 77.4 cm³/mol. The molecule has 0 amide bonds. The van der Waals surface area contributed by atoms with Gasteiger partial charge in [-0.1, -0.05) is 40.2 Å². The molecule has 0 spiro atoms. The zero-order valence-corrected chi connectivity index (χ0v) is 11.7. The number of carboxylic acid groups (broad SMARTS) is 1. The van der Waals surface area contributed by atoms with Crippen molar-refractivity contribution in [1.82, 2.24) is 0 Å². The van der Waals surface area contributed by atoms with Gasteiger partial charge in [-0.25, -0.2) is 4.79 Å². The highest BCUT2D eigenvalue weighted by Crippen LogP contribution is 2.30. The van der Waals surface area contributed by atoms with Gasteiger partial charge in [0.05, 0.1) is 5.56 Å². The molecule has 3 nitrogen and oxygen atoms in total. The SMILES string of the molecule is O=C(O)c1cc(Br)cc(N2Cc3ccccc3C2)c1. The summed E-state index contributed by atoms with van der Waals surface area (Å²) in [6, 6.07) is 13.6. The normalized spacial score (nSPS) is 13.4. The molecule has 0 bridgehead atoms. The topological polar surface area (TPSA) is 40.5 Å². The highest BCUT2D eigenvalue weighted by molar-refractivity contribution is 9.10. The van der Waals surface area contributed by atoms with Crippen molar-refractivity contribution in [3.63, 3.8) is 0 Å². The molecule has 0 fully saturated rings. The van der Waals surface area contributed by atoms with Crippen LogP contribution in [0.1, 0.15) is 21.5 Å². The molecular formula is C15H12BrNO2. The summed E-state index contributed by atoms with van der Waals surface area (Å²) in [4.78, 5) is 13.3. The molecule has 1 aliphatic rings. The van der Waals surface area contributed by atoms with Crippen LogP contribution in [0.2, 0.25) is 0 Å². The van der Waals surface area contributed by atoms with Crippen LogP contribution in [0.5, 0.6) is 0 Å². The number of hydrogen-bond acceptors (Lipinski definition) is 2. The summed E-state index contributed by atoms with van der Waals surface area (Å²) in [5.74, 6) is -0.903. The number of carbonyl (C=O) groups is 1. The molecule has 0 saturated heterocycles. The predicted octanol–water partition coefficient (Wildman–Crippen LogP) is 3.67. The number of halogens is 1. The molecule has 4 heteroatoms. The number of carboxylic acids is 1. The van der Waals surface area contributed by atoms with Crippen molar-refractivity contribution in [1.29, 1.82) is 0 Å². The van der Waals surface area contributed by atoms with Gasteiger partial charge in [0.2, 0.25) is 0 Å². The van der Waals surface area contributed by atoms with Gasteiger partial charge in [0.1, 0.15) is 0 Å². The maximum atomic E-state index is 11.1. The van der Waals surface area contributed by atoms with Gasteiger partial charge in [0.25, 0.3) is 0 Å². The number of nitrogens with zero attached hydrogens (tertiary/aromatic N) is 1. The number of rotatable bonds is 2. The fourth-order valence-electron chi connectivity index (χ4n) is 2.40. The lowest BCUT2D eigenvalue weighted by atomic mass is 10.1. The third-order valence-electron chi connectivity index (χ3n) is 3.34. The molecule has 2 aromatic carbocycles. The van der Waals surface area contributed by atoms with Crippen LogP contribution >= 0.6 is 15.9 Å². The van der Waals surface area contributed by atoms with E-state index in [1.165, 1.54) is 11.1 Å². The van der Waals surface area contributed by atoms with E-state index in [9.17, 15) is 4.79 Å². The van der Waals surface area contributed by atoms with Gasteiger partial charge < -0.3 is 10.0 Å².